The molecular weight excluding hydrogens is 302 g/mol. The predicted octanol–water partition coefficient (Wildman–Crippen LogP) is 4.35. The molecule has 0 radical (unpaired) electrons. The van der Waals surface area contributed by atoms with E-state index in [1.807, 2.05) is 19.1 Å². The van der Waals surface area contributed by atoms with Gasteiger partial charge >= 0.3 is 0 Å². The number of nitrogens with one attached hydrogen (secondary N) is 1. The van der Waals surface area contributed by atoms with Gasteiger partial charge in [0.2, 0.25) is 0 Å². The number of halogens is 1. The van der Waals surface area contributed by atoms with Gasteiger partial charge in [-0.1, -0.05) is 48.9 Å². The Morgan fingerprint density at radius 1 is 1.29 bits per heavy atom. The number of aryl methyl sites for hydroxylation is 2. The number of hydrogen-bond acceptors (Lipinski definition) is 4. The molecule has 0 aliphatic heterocycles. The smallest absolute Gasteiger partial charge is 0.147 e. The molecule has 1 N–H and O–H groups in total. The molecule has 21 heavy (non-hydrogen) atoms. The molecule has 3 nitrogen and oxygen atoms in total. The maximum atomic E-state index is 6.16. The lowest BCUT2D eigenvalue weighted by Gasteiger charge is -2.05. The zero-order valence-electron chi connectivity index (χ0n) is 12.8. The molecule has 0 bridgehead atoms. The Morgan fingerprint density at radius 2 is 2.10 bits per heavy atom. The summed E-state index contributed by atoms with van der Waals surface area (Å²) in [7, 11) is 0. The van der Waals surface area contributed by atoms with Gasteiger partial charge in [0.25, 0.3) is 0 Å². The van der Waals surface area contributed by atoms with Crippen LogP contribution < -0.4 is 5.32 Å². The first-order valence-corrected chi connectivity index (χ1v) is 8.55. The van der Waals surface area contributed by atoms with E-state index in [4.69, 9.17) is 11.6 Å². The first-order valence-electron chi connectivity index (χ1n) is 7.36. The van der Waals surface area contributed by atoms with Crippen LogP contribution in [-0.4, -0.2) is 23.3 Å². The maximum absolute atomic E-state index is 6.16. The average Bonchev–Trinajstić information content (AvgIpc) is 2.90. The van der Waals surface area contributed by atoms with E-state index < -0.39 is 0 Å². The Balaban J connectivity index is 1.87. The average molecular weight is 324 g/mol. The minimum atomic E-state index is 0.699. The van der Waals surface area contributed by atoms with Crippen LogP contribution in [0.3, 0.4) is 0 Å². The summed E-state index contributed by atoms with van der Waals surface area (Å²) in [5.41, 5.74) is 2.13. The van der Waals surface area contributed by atoms with Crippen LogP contribution in [0.1, 0.15) is 30.8 Å². The fourth-order valence-corrected chi connectivity index (χ4v) is 3.01. The second-order valence-electron chi connectivity index (χ2n) is 5.67. The van der Waals surface area contributed by atoms with E-state index in [0.29, 0.717) is 5.92 Å². The number of rotatable bonds is 7. The summed E-state index contributed by atoms with van der Waals surface area (Å²) in [4.78, 5) is 0. The maximum Gasteiger partial charge on any atom is 0.147 e. The molecular formula is C16H22ClN3S. The Labute approximate surface area is 135 Å². The molecule has 2 rings (SSSR count). The summed E-state index contributed by atoms with van der Waals surface area (Å²) >= 11 is 7.82. The monoisotopic (exact) mass is 323 g/mol. The summed E-state index contributed by atoms with van der Waals surface area (Å²) in [6.45, 7) is 8.54. The van der Waals surface area contributed by atoms with Gasteiger partial charge in [-0.05, 0) is 44.0 Å². The standard InChI is InChI=1S/C16H22ClN3S/c1-11(2)10-18-8-4-5-15-19-20-16(21-15)13-7-6-12(3)14(17)9-13/h6-7,9,11,18H,4-5,8,10H2,1-3H3. The second kappa shape index (κ2) is 7.87. The number of hydrogen-bond donors (Lipinski definition) is 1. The van der Waals surface area contributed by atoms with Gasteiger partial charge in [0.1, 0.15) is 10.0 Å². The van der Waals surface area contributed by atoms with Gasteiger partial charge in [-0.15, -0.1) is 10.2 Å². The van der Waals surface area contributed by atoms with Crippen molar-refractivity contribution in [3.63, 3.8) is 0 Å². The summed E-state index contributed by atoms with van der Waals surface area (Å²) < 4.78 is 0. The lowest BCUT2D eigenvalue weighted by Crippen LogP contribution is -2.21. The SMILES string of the molecule is Cc1ccc(-c2nnc(CCCNCC(C)C)s2)cc1Cl. The van der Waals surface area contributed by atoms with E-state index in [9.17, 15) is 0 Å². The minimum Gasteiger partial charge on any atom is -0.316 e. The van der Waals surface area contributed by atoms with E-state index in [1.54, 1.807) is 11.3 Å². The van der Waals surface area contributed by atoms with Crippen molar-refractivity contribution >= 4 is 22.9 Å². The molecule has 5 heteroatoms. The lowest BCUT2D eigenvalue weighted by molar-refractivity contribution is 0.542. The van der Waals surface area contributed by atoms with E-state index in [-0.39, 0.29) is 0 Å². The predicted molar refractivity (Wildman–Crippen MR) is 91.1 cm³/mol. The highest BCUT2D eigenvalue weighted by molar-refractivity contribution is 7.14. The van der Waals surface area contributed by atoms with Crippen LogP contribution >= 0.6 is 22.9 Å². The van der Waals surface area contributed by atoms with E-state index in [1.165, 1.54) is 0 Å². The molecule has 0 aliphatic rings. The van der Waals surface area contributed by atoms with Gasteiger partial charge in [-0.25, -0.2) is 0 Å². The van der Waals surface area contributed by atoms with Crippen LogP contribution in [0.2, 0.25) is 5.02 Å². The van der Waals surface area contributed by atoms with Gasteiger partial charge in [0.15, 0.2) is 0 Å². The molecule has 2 aromatic rings. The molecule has 1 aromatic heterocycles. The third kappa shape index (κ3) is 5.06. The van der Waals surface area contributed by atoms with Crippen LogP contribution in [0.15, 0.2) is 18.2 Å². The van der Waals surface area contributed by atoms with Crippen LogP contribution in [0, 0.1) is 12.8 Å². The highest BCUT2D eigenvalue weighted by Crippen LogP contribution is 2.27. The van der Waals surface area contributed by atoms with Crippen molar-refractivity contribution < 1.29 is 0 Å². The van der Waals surface area contributed by atoms with Gasteiger partial charge in [0.05, 0.1) is 0 Å². The van der Waals surface area contributed by atoms with Crippen LogP contribution in [0.4, 0.5) is 0 Å². The largest absolute Gasteiger partial charge is 0.316 e. The minimum absolute atomic E-state index is 0.699. The van der Waals surface area contributed by atoms with Crippen LogP contribution in [-0.2, 0) is 6.42 Å². The fourth-order valence-electron chi connectivity index (χ4n) is 1.95. The Bertz CT molecular complexity index is 581. The van der Waals surface area contributed by atoms with Gasteiger partial charge in [-0.3, -0.25) is 0 Å². The Morgan fingerprint density at radius 3 is 2.81 bits per heavy atom. The molecule has 114 valence electrons. The molecule has 0 unspecified atom stereocenters. The number of nitrogens with zero attached hydrogens (tertiary/aromatic N) is 2. The molecule has 0 aliphatic carbocycles. The Kier molecular flexibility index (Phi) is 6.15. The molecule has 0 fully saturated rings. The van der Waals surface area contributed by atoms with Crippen LogP contribution in [0.5, 0.6) is 0 Å². The Hall–Kier alpha value is -0.970. The highest BCUT2D eigenvalue weighted by atomic mass is 35.5. The topological polar surface area (TPSA) is 37.8 Å². The van der Waals surface area contributed by atoms with Crippen molar-refractivity contribution in [2.24, 2.45) is 5.92 Å². The lowest BCUT2D eigenvalue weighted by atomic mass is 10.2. The quantitative estimate of drug-likeness (QED) is 0.770. The molecule has 0 saturated heterocycles. The van der Waals surface area contributed by atoms with Crippen molar-refractivity contribution in [1.29, 1.82) is 0 Å². The zero-order chi connectivity index (χ0) is 15.2. The van der Waals surface area contributed by atoms with Crippen molar-refractivity contribution in [3.8, 4) is 10.6 Å². The molecule has 1 aromatic carbocycles. The first-order chi connectivity index (χ1) is 10.1. The fraction of sp³-hybridized carbons (Fsp3) is 0.500. The zero-order valence-corrected chi connectivity index (χ0v) is 14.4. The van der Waals surface area contributed by atoms with Crippen LogP contribution in [0.25, 0.3) is 10.6 Å². The third-order valence-corrected chi connectivity index (χ3v) is 4.62. The van der Waals surface area contributed by atoms with E-state index in [0.717, 1.165) is 52.1 Å². The molecule has 0 amide bonds. The second-order valence-corrected chi connectivity index (χ2v) is 7.14. The number of benzene rings is 1. The molecule has 0 saturated carbocycles. The van der Waals surface area contributed by atoms with Gasteiger partial charge in [0, 0.05) is 17.0 Å². The van der Waals surface area contributed by atoms with Gasteiger partial charge < -0.3 is 5.32 Å². The third-order valence-electron chi connectivity index (χ3n) is 3.18. The summed E-state index contributed by atoms with van der Waals surface area (Å²) in [6, 6.07) is 6.04. The summed E-state index contributed by atoms with van der Waals surface area (Å²) in [5.74, 6) is 0.699. The molecule has 0 atom stereocenters. The number of aromatic nitrogens is 2. The summed E-state index contributed by atoms with van der Waals surface area (Å²) in [5, 5.41) is 14.8. The van der Waals surface area contributed by atoms with Gasteiger partial charge in [-0.2, -0.15) is 0 Å². The molecule has 0 spiro atoms. The van der Waals surface area contributed by atoms with Crippen molar-refractivity contribution in [3.05, 3.63) is 33.8 Å². The first kappa shape index (κ1) is 16.4. The highest BCUT2D eigenvalue weighted by Gasteiger charge is 2.08. The van der Waals surface area contributed by atoms with Crippen molar-refractivity contribution in [2.45, 2.75) is 33.6 Å². The van der Waals surface area contributed by atoms with Crippen molar-refractivity contribution in [1.82, 2.24) is 15.5 Å². The normalized spacial score (nSPS) is 11.3. The van der Waals surface area contributed by atoms with Crippen molar-refractivity contribution in [2.75, 3.05) is 13.1 Å². The van der Waals surface area contributed by atoms with E-state index >= 15 is 0 Å². The van der Waals surface area contributed by atoms with E-state index in [2.05, 4.69) is 35.4 Å². The summed E-state index contributed by atoms with van der Waals surface area (Å²) in [6.07, 6.45) is 2.07. The molecule has 1 heterocycles.